The highest BCUT2D eigenvalue weighted by Crippen LogP contribution is 2.35. The number of piperidine rings is 2. The van der Waals surface area contributed by atoms with Gasteiger partial charge in [-0.05, 0) is 80.3 Å². The third-order valence-electron chi connectivity index (χ3n) is 6.24. The van der Waals surface area contributed by atoms with Gasteiger partial charge in [0.1, 0.15) is 24.1 Å². The fourth-order valence-corrected chi connectivity index (χ4v) is 4.81. The molecule has 0 radical (unpaired) electrons. The summed E-state index contributed by atoms with van der Waals surface area (Å²) in [7, 11) is 3.28. The number of esters is 1. The van der Waals surface area contributed by atoms with Gasteiger partial charge in [0.2, 0.25) is 3.79 Å². The van der Waals surface area contributed by atoms with E-state index in [4.69, 9.17) is 54.1 Å². The zero-order valence-electron chi connectivity index (χ0n) is 19.6. The van der Waals surface area contributed by atoms with Crippen LogP contribution >= 0.6 is 34.8 Å². The molecule has 35 heavy (non-hydrogen) atoms. The molecule has 3 unspecified atom stereocenters. The SMILES string of the molecule is COc1ccc(N(N=C2CC3CCCN(C2)C3C(=O)OCC(Cl)(Cl)Cl)c2ccc(OC)cc2)cc1. The first-order valence-electron chi connectivity index (χ1n) is 11.4. The zero-order chi connectivity index (χ0) is 25.0. The number of ether oxygens (including phenoxy) is 3. The zero-order valence-corrected chi connectivity index (χ0v) is 21.9. The number of halogens is 3. The number of methoxy groups -OCH3 is 2. The average Bonchev–Trinajstić information content (AvgIpc) is 2.85. The smallest absolute Gasteiger partial charge is 0.323 e. The molecule has 0 N–H and O–H groups in total. The standard InChI is InChI=1S/C25H28Cl3N3O4/c1-33-21-9-5-19(6-10-21)31(20-7-11-22(34-2)12-8-20)29-18-14-17-4-3-13-30(15-18)23(17)24(32)35-16-25(26,27)28/h5-12,17,23H,3-4,13-16H2,1-2H3. The minimum Gasteiger partial charge on any atom is -0.497 e. The van der Waals surface area contributed by atoms with Crippen LogP contribution in [-0.4, -0.2) is 60.3 Å². The number of nitrogens with zero attached hydrogens (tertiary/aromatic N) is 3. The third kappa shape index (κ3) is 6.53. The number of anilines is 2. The van der Waals surface area contributed by atoms with Gasteiger partial charge in [-0.2, -0.15) is 5.10 Å². The van der Waals surface area contributed by atoms with Crippen molar-refractivity contribution in [2.24, 2.45) is 11.0 Å². The van der Waals surface area contributed by atoms with E-state index in [9.17, 15) is 4.79 Å². The number of rotatable bonds is 7. The largest absolute Gasteiger partial charge is 0.497 e. The predicted molar refractivity (Wildman–Crippen MR) is 140 cm³/mol. The van der Waals surface area contributed by atoms with Gasteiger partial charge in [-0.3, -0.25) is 9.69 Å². The van der Waals surface area contributed by atoms with Crippen molar-refractivity contribution >= 4 is 57.9 Å². The van der Waals surface area contributed by atoms with Crippen molar-refractivity contribution in [1.82, 2.24) is 4.90 Å². The summed E-state index contributed by atoms with van der Waals surface area (Å²) in [6.07, 6.45) is 2.62. The Morgan fingerprint density at radius 1 is 1.03 bits per heavy atom. The van der Waals surface area contributed by atoms with Crippen LogP contribution in [0.3, 0.4) is 0 Å². The van der Waals surface area contributed by atoms with Gasteiger partial charge in [0.15, 0.2) is 0 Å². The Bertz CT molecular complexity index is 978. The van der Waals surface area contributed by atoms with Crippen molar-refractivity contribution in [3.63, 3.8) is 0 Å². The molecule has 188 valence electrons. The summed E-state index contributed by atoms with van der Waals surface area (Å²) in [5.74, 6) is 1.28. The quantitative estimate of drug-likeness (QED) is 0.259. The van der Waals surface area contributed by atoms with Crippen LogP contribution in [0.15, 0.2) is 53.6 Å². The summed E-state index contributed by atoms with van der Waals surface area (Å²) in [4.78, 5) is 15.0. The Balaban J connectivity index is 1.59. The van der Waals surface area contributed by atoms with E-state index in [-0.39, 0.29) is 24.5 Å². The van der Waals surface area contributed by atoms with Gasteiger partial charge >= 0.3 is 5.97 Å². The Morgan fingerprint density at radius 3 is 2.09 bits per heavy atom. The van der Waals surface area contributed by atoms with Gasteiger partial charge in [-0.15, -0.1) is 0 Å². The second-order valence-electron chi connectivity index (χ2n) is 8.62. The molecular formula is C25H28Cl3N3O4. The lowest BCUT2D eigenvalue weighted by atomic mass is 9.81. The molecule has 0 spiro atoms. The first kappa shape index (κ1) is 25.9. The number of fused-ring (bicyclic) bond motifs is 2. The molecule has 0 aromatic heterocycles. The Morgan fingerprint density at radius 2 is 1.60 bits per heavy atom. The van der Waals surface area contributed by atoms with Crippen molar-refractivity contribution in [2.75, 3.05) is 38.9 Å². The number of alkyl halides is 3. The molecule has 0 saturated carbocycles. The van der Waals surface area contributed by atoms with Crippen LogP contribution in [0.2, 0.25) is 0 Å². The second kappa shape index (κ2) is 11.2. The highest BCUT2D eigenvalue weighted by molar-refractivity contribution is 6.67. The maximum atomic E-state index is 12.8. The minimum atomic E-state index is -1.63. The molecule has 2 bridgehead atoms. The van der Waals surface area contributed by atoms with E-state index >= 15 is 0 Å². The lowest BCUT2D eigenvalue weighted by Gasteiger charge is -2.44. The van der Waals surface area contributed by atoms with Crippen LogP contribution in [0.1, 0.15) is 19.3 Å². The maximum Gasteiger partial charge on any atom is 0.323 e. The van der Waals surface area contributed by atoms with E-state index in [1.807, 2.05) is 53.5 Å². The summed E-state index contributed by atoms with van der Waals surface area (Å²) in [6, 6.07) is 15.1. The molecule has 4 rings (SSSR count). The summed E-state index contributed by atoms with van der Waals surface area (Å²) in [5.41, 5.74) is 2.78. The molecule has 7 nitrogen and oxygen atoms in total. The molecule has 10 heteroatoms. The Hall–Kier alpha value is -2.19. The van der Waals surface area contributed by atoms with Gasteiger partial charge < -0.3 is 14.2 Å². The lowest BCUT2D eigenvalue weighted by Crippen LogP contribution is -2.57. The van der Waals surface area contributed by atoms with Gasteiger partial charge in [-0.25, -0.2) is 5.01 Å². The summed E-state index contributed by atoms with van der Waals surface area (Å²) in [5, 5.41) is 6.97. The molecule has 2 saturated heterocycles. The predicted octanol–water partition coefficient (Wildman–Crippen LogP) is 5.60. The Labute approximate surface area is 220 Å². The molecule has 2 aliphatic heterocycles. The molecule has 0 aliphatic carbocycles. The van der Waals surface area contributed by atoms with E-state index < -0.39 is 3.79 Å². The summed E-state index contributed by atoms with van der Waals surface area (Å²) < 4.78 is 14.3. The topological polar surface area (TPSA) is 63.6 Å². The second-order valence-corrected chi connectivity index (χ2v) is 11.1. The minimum absolute atomic E-state index is 0.0905. The number of benzene rings is 2. The van der Waals surface area contributed by atoms with Crippen LogP contribution < -0.4 is 14.5 Å². The molecule has 3 atom stereocenters. The van der Waals surface area contributed by atoms with Crippen molar-refractivity contribution in [3.8, 4) is 11.5 Å². The van der Waals surface area contributed by atoms with E-state index in [0.29, 0.717) is 13.0 Å². The number of carbonyl (C=O) groups is 1. The van der Waals surface area contributed by atoms with Crippen LogP contribution in [0.4, 0.5) is 11.4 Å². The van der Waals surface area contributed by atoms with Crippen molar-refractivity contribution < 1.29 is 19.0 Å². The van der Waals surface area contributed by atoms with Gasteiger partial charge in [0.05, 0.1) is 31.3 Å². The van der Waals surface area contributed by atoms with Crippen molar-refractivity contribution in [1.29, 1.82) is 0 Å². The van der Waals surface area contributed by atoms with Crippen LogP contribution in [0, 0.1) is 5.92 Å². The van der Waals surface area contributed by atoms with Crippen LogP contribution in [0.5, 0.6) is 11.5 Å². The van der Waals surface area contributed by atoms with E-state index in [0.717, 1.165) is 48.0 Å². The molecule has 2 aromatic rings. The average molecular weight is 541 g/mol. The number of hydrogen-bond donors (Lipinski definition) is 0. The summed E-state index contributed by atoms with van der Waals surface area (Å²) >= 11 is 17.3. The highest BCUT2D eigenvalue weighted by atomic mass is 35.6. The Kier molecular flexibility index (Phi) is 8.32. The monoisotopic (exact) mass is 539 g/mol. The lowest BCUT2D eigenvalue weighted by molar-refractivity contribution is -0.154. The first-order valence-corrected chi connectivity index (χ1v) is 12.5. The van der Waals surface area contributed by atoms with Gasteiger partial charge in [-0.1, -0.05) is 34.8 Å². The number of hydrogen-bond acceptors (Lipinski definition) is 7. The van der Waals surface area contributed by atoms with E-state index in [2.05, 4.69) is 4.90 Å². The normalized spacial score (nSPS) is 23.0. The summed E-state index contributed by atoms with van der Waals surface area (Å²) in [6.45, 7) is 1.08. The molecule has 0 amide bonds. The van der Waals surface area contributed by atoms with Crippen molar-refractivity contribution in [3.05, 3.63) is 48.5 Å². The first-order chi connectivity index (χ1) is 16.8. The maximum absolute atomic E-state index is 12.8. The fourth-order valence-electron chi connectivity index (χ4n) is 4.65. The molecule has 2 aromatic carbocycles. The van der Waals surface area contributed by atoms with Gasteiger partial charge in [0, 0.05) is 6.54 Å². The van der Waals surface area contributed by atoms with Crippen LogP contribution in [-0.2, 0) is 9.53 Å². The van der Waals surface area contributed by atoms with Crippen LogP contribution in [0.25, 0.3) is 0 Å². The van der Waals surface area contributed by atoms with Gasteiger partial charge in [0.25, 0.3) is 0 Å². The van der Waals surface area contributed by atoms with Crippen molar-refractivity contribution in [2.45, 2.75) is 29.1 Å². The molecular weight excluding hydrogens is 513 g/mol. The van der Waals surface area contributed by atoms with E-state index in [1.165, 1.54) is 0 Å². The number of hydrazone groups is 1. The highest BCUT2D eigenvalue weighted by Gasteiger charge is 2.43. The fraction of sp³-hybridized carbons (Fsp3) is 0.440. The molecule has 2 aliphatic rings. The van der Waals surface area contributed by atoms with E-state index in [1.54, 1.807) is 14.2 Å². The molecule has 2 heterocycles. The number of carbonyl (C=O) groups excluding carboxylic acids is 1. The third-order valence-corrected chi connectivity index (χ3v) is 6.57. The molecule has 2 fully saturated rings.